The first-order valence-corrected chi connectivity index (χ1v) is 9.49. The third kappa shape index (κ3) is 3.54. The zero-order valence-corrected chi connectivity index (χ0v) is 15.9. The molecule has 5 heteroatoms. The second-order valence-corrected chi connectivity index (χ2v) is 7.69. The molecule has 1 aliphatic carbocycles. The number of hydrogen-bond donors (Lipinski definition) is 1. The van der Waals surface area contributed by atoms with Gasteiger partial charge in [-0.25, -0.2) is 0 Å². The van der Waals surface area contributed by atoms with Crippen LogP contribution in [-0.4, -0.2) is 54.3 Å². The van der Waals surface area contributed by atoms with Crippen LogP contribution in [0.3, 0.4) is 0 Å². The molecule has 0 atom stereocenters. The molecule has 5 nitrogen and oxygen atoms in total. The summed E-state index contributed by atoms with van der Waals surface area (Å²) in [4.78, 5) is 28.9. The van der Waals surface area contributed by atoms with Crippen LogP contribution in [0.25, 0.3) is 5.70 Å². The summed E-state index contributed by atoms with van der Waals surface area (Å²) < 4.78 is 0. The number of nitrogens with zero attached hydrogens (tertiary/aromatic N) is 2. The van der Waals surface area contributed by atoms with E-state index in [2.05, 4.69) is 30.9 Å². The van der Waals surface area contributed by atoms with Crippen molar-refractivity contribution in [1.29, 1.82) is 0 Å². The molecule has 2 aliphatic rings. The Bertz CT molecular complexity index is 668. The Morgan fingerprint density at radius 3 is 2.35 bits per heavy atom. The third-order valence-corrected chi connectivity index (χ3v) is 5.94. The number of hydrogen-bond acceptors (Lipinski definition) is 3. The van der Waals surface area contributed by atoms with Crippen molar-refractivity contribution in [2.75, 3.05) is 27.2 Å². The lowest BCUT2D eigenvalue weighted by molar-refractivity contribution is -0.121. The Hall–Kier alpha value is -2.14. The summed E-state index contributed by atoms with van der Waals surface area (Å²) in [6.07, 6.45) is 7.13. The van der Waals surface area contributed by atoms with Crippen LogP contribution in [-0.2, 0) is 4.79 Å². The smallest absolute Gasteiger partial charge is 0.259 e. The van der Waals surface area contributed by atoms with Gasteiger partial charge in [0.15, 0.2) is 0 Å². The van der Waals surface area contributed by atoms with Gasteiger partial charge in [-0.15, -0.1) is 0 Å². The first-order valence-electron chi connectivity index (χ1n) is 9.49. The number of amides is 2. The van der Waals surface area contributed by atoms with Gasteiger partial charge in [0.25, 0.3) is 5.91 Å². The first kappa shape index (κ1) is 18.6. The van der Waals surface area contributed by atoms with E-state index in [-0.39, 0.29) is 23.9 Å². The molecule has 2 amide bonds. The lowest BCUT2D eigenvalue weighted by Crippen LogP contribution is -2.53. The highest BCUT2D eigenvalue weighted by Crippen LogP contribution is 2.32. The van der Waals surface area contributed by atoms with E-state index in [1.54, 1.807) is 6.07 Å². The van der Waals surface area contributed by atoms with Gasteiger partial charge in [0.2, 0.25) is 5.91 Å². The molecule has 26 heavy (non-hydrogen) atoms. The molecule has 0 saturated heterocycles. The van der Waals surface area contributed by atoms with Gasteiger partial charge in [-0.3, -0.25) is 14.5 Å². The van der Waals surface area contributed by atoms with E-state index in [1.165, 1.54) is 30.6 Å². The molecule has 1 fully saturated rings. The molecule has 1 aliphatic heterocycles. The van der Waals surface area contributed by atoms with E-state index in [4.69, 9.17) is 0 Å². The van der Waals surface area contributed by atoms with Crippen LogP contribution < -0.4 is 5.32 Å². The maximum atomic E-state index is 12.6. The summed E-state index contributed by atoms with van der Waals surface area (Å²) in [5.41, 5.74) is 2.07. The second-order valence-electron chi connectivity index (χ2n) is 7.69. The fourth-order valence-electron chi connectivity index (χ4n) is 4.13. The molecule has 1 N–H and O–H groups in total. The van der Waals surface area contributed by atoms with Crippen LogP contribution >= 0.6 is 0 Å². The average molecular weight is 355 g/mol. The van der Waals surface area contributed by atoms with E-state index in [9.17, 15) is 9.59 Å². The molecule has 140 valence electrons. The number of carbonyl (C=O) groups is 2. The highest BCUT2D eigenvalue weighted by atomic mass is 16.2. The average Bonchev–Trinajstić information content (AvgIpc) is 2.82. The maximum Gasteiger partial charge on any atom is 0.259 e. The highest BCUT2D eigenvalue weighted by molar-refractivity contribution is 6.10. The van der Waals surface area contributed by atoms with E-state index >= 15 is 0 Å². The Labute approximate surface area is 156 Å². The molecule has 1 aromatic rings. The van der Waals surface area contributed by atoms with E-state index < -0.39 is 0 Å². The van der Waals surface area contributed by atoms with E-state index in [0.717, 1.165) is 18.4 Å². The van der Waals surface area contributed by atoms with Crippen molar-refractivity contribution < 1.29 is 9.59 Å². The van der Waals surface area contributed by atoms with Crippen molar-refractivity contribution in [3.05, 3.63) is 42.0 Å². The van der Waals surface area contributed by atoms with Gasteiger partial charge in [-0.1, -0.05) is 50.5 Å². The number of likely N-dealkylation sites (N-methyl/N-ethyl adjacent to an activating group) is 1. The quantitative estimate of drug-likeness (QED) is 0.827. The summed E-state index contributed by atoms with van der Waals surface area (Å²) in [7, 11) is 4.19. The Balaban J connectivity index is 1.62. The van der Waals surface area contributed by atoms with Crippen molar-refractivity contribution >= 4 is 17.5 Å². The van der Waals surface area contributed by atoms with Crippen LogP contribution in [0, 0.1) is 0 Å². The van der Waals surface area contributed by atoms with E-state index in [0.29, 0.717) is 17.8 Å². The number of nitrogens with one attached hydrogen (secondary N) is 1. The monoisotopic (exact) mass is 355 g/mol. The van der Waals surface area contributed by atoms with Crippen molar-refractivity contribution in [3.8, 4) is 0 Å². The van der Waals surface area contributed by atoms with Crippen LogP contribution in [0.1, 0.15) is 54.4 Å². The van der Waals surface area contributed by atoms with Gasteiger partial charge >= 0.3 is 0 Å². The minimum absolute atomic E-state index is 0.0150. The normalized spacial score (nSPS) is 19.4. The first-order chi connectivity index (χ1) is 12.4. The number of benzene rings is 1. The topological polar surface area (TPSA) is 52.7 Å². The van der Waals surface area contributed by atoms with Crippen LogP contribution in [0.2, 0.25) is 0 Å². The van der Waals surface area contributed by atoms with Crippen molar-refractivity contribution in [2.45, 2.75) is 44.1 Å². The summed E-state index contributed by atoms with van der Waals surface area (Å²) in [5.74, 6) is -0.268. The molecule has 0 aromatic heterocycles. The van der Waals surface area contributed by atoms with Gasteiger partial charge in [0.05, 0.1) is 0 Å². The van der Waals surface area contributed by atoms with E-state index in [1.807, 2.05) is 18.2 Å². The SMILES string of the molecule is C=C1c2ccccc2C(=O)N1CC(=O)NCC1(N(C)C)CCCCCC1. The maximum absolute atomic E-state index is 12.6. The molecule has 3 rings (SSSR count). The highest BCUT2D eigenvalue weighted by Gasteiger charge is 2.35. The molecule has 0 unspecified atom stereocenters. The van der Waals surface area contributed by atoms with Gasteiger partial charge in [0.1, 0.15) is 6.54 Å². The van der Waals surface area contributed by atoms with Crippen molar-refractivity contribution in [1.82, 2.24) is 15.1 Å². The molecular formula is C21H29N3O2. The van der Waals surface area contributed by atoms with Gasteiger partial charge in [-0.2, -0.15) is 0 Å². The van der Waals surface area contributed by atoms with Crippen LogP contribution in [0.15, 0.2) is 30.8 Å². The Kier molecular flexibility index (Phi) is 5.47. The molecule has 1 saturated carbocycles. The molecule has 0 radical (unpaired) electrons. The fourth-order valence-corrected chi connectivity index (χ4v) is 4.13. The molecule has 0 bridgehead atoms. The zero-order chi connectivity index (χ0) is 18.7. The molecule has 0 spiro atoms. The van der Waals surface area contributed by atoms with Crippen molar-refractivity contribution in [2.24, 2.45) is 0 Å². The number of carbonyl (C=O) groups excluding carboxylic acids is 2. The van der Waals surface area contributed by atoms with Crippen molar-refractivity contribution in [3.63, 3.8) is 0 Å². The summed E-state index contributed by atoms with van der Waals surface area (Å²) in [6.45, 7) is 4.65. The Morgan fingerprint density at radius 1 is 1.15 bits per heavy atom. The fraction of sp³-hybridized carbons (Fsp3) is 0.524. The standard InChI is InChI=1S/C21H29N3O2/c1-16-17-10-6-7-11-18(17)20(26)24(16)14-19(25)22-15-21(23(2)3)12-8-4-5-9-13-21/h6-7,10-11H,1,4-5,8-9,12-15H2,2-3H3,(H,22,25). The Morgan fingerprint density at radius 2 is 1.77 bits per heavy atom. The number of fused-ring (bicyclic) bond motifs is 1. The zero-order valence-electron chi connectivity index (χ0n) is 15.9. The van der Waals surface area contributed by atoms with Gasteiger partial charge in [0, 0.05) is 28.9 Å². The molecule has 1 heterocycles. The molecular weight excluding hydrogens is 326 g/mol. The van der Waals surface area contributed by atoms with Gasteiger partial charge < -0.3 is 10.2 Å². The second kappa shape index (κ2) is 7.62. The predicted molar refractivity (Wildman–Crippen MR) is 104 cm³/mol. The molecule has 1 aromatic carbocycles. The van der Waals surface area contributed by atoms with Crippen LogP contribution in [0.5, 0.6) is 0 Å². The summed E-state index contributed by atoms with van der Waals surface area (Å²) in [6, 6.07) is 7.38. The minimum atomic E-state index is -0.141. The number of rotatable bonds is 5. The third-order valence-electron chi connectivity index (χ3n) is 5.94. The summed E-state index contributed by atoms with van der Waals surface area (Å²) >= 11 is 0. The minimum Gasteiger partial charge on any atom is -0.353 e. The van der Waals surface area contributed by atoms with Gasteiger partial charge in [-0.05, 0) is 33.0 Å². The lowest BCUT2D eigenvalue weighted by Gasteiger charge is -2.39. The summed E-state index contributed by atoms with van der Waals surface area (Å²) in [5, 5.41) is 3.08. The predicted octanol–water partition coefficient (Wildman–Crippen LogP) is 2.88. The lowest BCUT2D eigenvalue weighted by atomic mass is 9.88. The largest absolute Gasteiger partial charge is 0.353 e. The van der Waals surface area contributed by atoms with Crippen LogP contribution in [0.4, 0.5) is 0 Å².